The van der Waals surface area contributed by atoms with Crippen LogP contribution in [0.2, 0.25) is 0 Å². The highest BCUT2D eigenvalue weighted by Gasteiger charge is 2.49. The molecule has 0 bridgehead atoms. The summed E-state index contributed by atoms with van der Waals surface area (Å²) in [6, 6.07) is -3.79. The zero-order valence-electron chi connectivity index (χ0n) is 31.3. The molecule has 1 aromatic rings. The first-order valence-electron chi connectivity index (χ1n) is 19.1. The van der Waals surface area contributed by atoms with E-state index in [1.807, 2.05) is 27.7 Å². The number of aromatic nitrogens is 2. The summed E-state index contributed by atoms with van der Waals surface area (Å²) in [7, 11) is 0. The van der Waals surface area contributed by atoms with Crippen LogP contribution in [0.1, 0.15) is 129 Å². The largest absolute Gasteiger partial charge is 0.347 e. The van der Waals surface area contributed by atoms with Crippen LogP contribution in [-0.2, 0) is 24.0 Å². The Kier molecular flexibility index (Phi) is 14.1. The molecule has 1 aromatic heterocycles. The van der Waals surface area contributed by atoms with Gasteiger partial charge in [-0.1, -0.05) is 80.1 Å². The molecule has 0 spiro atoms. The summed E-state index contributed by atoms with van der Waals surface area (Å²) in [4.78, 5) is 92.0. The number of nitrogens with zero attached hydrogens (tertiary/aromatic N) is 3. The van der Waals surface area contributed by atoms with Gasteiger partial charge < -0.3 is 26.2 Å². The number of amides is 5. The molecule has 13 heteroatoms. The van der Waals surface area contributed by atoms with Gasteiger partial charge >= 0.3 is 0 Å². The summed E-state index contributed by atoms with van der Waals surface area (Å²) in [5.74, 6) is -3.34. The molecule has 3 aliphatic rings. The highest BCUT2D eigenvalue weighted by molar-refractivity contribution is 6.38. The van der Waals surface area contributed by atoms with Crippen LogP contribution in [-0.4, -0.2) is 86.9 Å². The predicted molar refractivity (Wildman–Crippen MR) is 192 cm³/mol. The van der Waals surface area contributed by atoms with Crippen molar-refractivity contribution >= 4 is 35.3 Å². The van der Waals surface area contributed by atoms with Gasteiger partial charge in [-0.3, -0.25) is 33.8 Å². The van der Waals surface area contributed by atoms with Gasteiger partial charge in [0.2, 0.25) is 23.5 Å². The van der Waals surface area contributed by atoms with E-state index >= 15 is 0 Å². The molecule has 1 aliphatic heterocycles. The maximum Gasteiger partial charge on any atom is 0.289 e. The second kappa shape index (κ2) is 18.0. The van der Waals surface area contributed by atoms with E-state index < -0.39 is 64.9 Å². The fraction of sp³-hybridized carbons (Fsp3) is 0.737. The smallest absolute Gasteiger partial charge is 0.289 e. The van der Waals surface area contributed by atoms with Gasteiger partial charge in [-0.05, 0) is 61.7 Å². The summed E-state index contributed by atoms with van der Waals surface area (Å²) >= 11 is 0. The van der Waals surface area contributed by atoms with Crippen LogP contribution in [0.3, 0.4) is 0 Å². The van der Waals surface area contributed by atoms with Crippen LogP contribution in [0.25, 0.3) is 0 Å². The van der Waals surface area contributed by atoms with Gasteiger partial charge in [0.1, 0.15) is 23.8 Å². The lowest BCUT2D eigenvalue weighted by atomic mass is 9.81. The lowest BCUT2D eigenvalue weighted by Gasteiger charge is -2.38. The number of hydrogen-bond donors (Lipinski definition) is 4. The van der Waals surface area contributed by atoms with Gasteiger partial charge in [-0.2, -0.15) is 0 Å². The highest BCUT2D eigenvalue weighted by Crippen LogP contribution is 2.37. The van der Waals surface area contributed by atoms with Gasteiger partial charge in [-0.15, -0.1) is 0 Å². The number of carbonyl (C=O) groups excluding carboxylic acids is 6. The Morgan fingerprint density at radius 3 is 2.14 bits per heavy atom. The van der Waals surface area contributed by atoms with Crippen molar-refractivity contribution in [2.45, 2.75) is 149 Å². The molecule has 3 fully saturated rings. The fourth-order valence-corrected chi connectivity index (χ4v) is 7.79. The molecule has 0 aromatic carbocycles. The molecule has 1 saturated heterocycles. The van der Waals surface area contributed by atoms with Crippen molar-refractivity contribution < 1.29 is 28.8 Å². The minimum absolute atomic E-state index is 0.00390. The van der Waals surface area contributed by atoms with Crippen molar-refractivity contribution in [2.75, 3.05) is 6.54 Å². The lowest BCUT2D eigenvalue weighted by molar-refractivity contribution is -0.146. The van der Waals surface area contributed by atoms with Crippen molar-refractivity contribution in [3.63, 3.8) is 0 Å². The van der Waals surface area contributed by atoms with E-state index in [0.717, 1.165) is 57.8 Å². The quantitative estimate of drug-likeness (QED) is 0.189. The number of Topliss-reactive ketones (excluding diaryl/α,β-unsaturated/α-hetero) is 1. The van der Waals surface area contributed by atoms with Crippen LogP contribution >= 0.6 is 0 Å². The van der Waals surface area contributed by atoms with E-state index in [9.17, 15) is 28.8 Å². The van der Waals surface area contributed by atoms with Gasteiger partial charge in [0.25, 0.3) is 11.8 Å². The van der Waals surface area contributed by atoms with E-state index in [0.29, 0.717) is 25.8 Å². The summed E-state index contributed by atoms with van der Waals surface area (Å²) in [6.07, 6.45) is 13.4. The van der Waals surface area contributed by atoms with E-state index in [1.165, 1.54) is 18.6 Å². The molecule has 2 heterocycles. The van der Waals surface area contributed by atoms with Crippen molar-refractivity contribution in [3.05, 3.63) is 24.3 Å². The summed E-state index contributed by atoms with van der Waals surface area (Å²) in [5.41, 5.74) is -0.660. The summed E-state index contributed by atoms with van der Waals surface area (Å²) in [5, 5.41) is 11.5. The monoisotopic (exact) mass is 709 g/mol. The maximum atomic E-state index is 14.7. The van der Waals surface area contributed by atoms with Gasteiger partial charge in [0.15, 0.2) is 0 Å². The van der Waals surface area contributed by atoms with E-state index in [1.54, 1.807) is 4.90 Å². The number of hydrogen-bond acceptors (Lipinski definition) is 8. The standard InChI is InChI=1S/C38H59N7O6/c1-7-13-27(31(46)36(50)41-25-16-17-25)42-35(49)30-26(23(8-2)9-3)18-21-45(30)37(51)32(38(4,5)6)44-34(48)29(24-14-11-10-12-15-24)43-33(47)28-22-39-19-20-40-28/h19-20,22-27,29-30,32H,7-18,21H2,1-6H3,(H,41,50)(H,42,49)(H,43,47)(H,44,48)/t26-,27+,29+,30+,32-/m1/s1. The zero-order chi connectivity index (χ0) is 37.3. The Morgan fingerprint density at radius 2 is 1.57 bits per heavy atom. The van der Waals surface area contributed by atoms with Gasteiger partial charge in [0, 0.05) is 25.0 Å². The minimum atomic E-state index is -1.02. The Labute approximate surface area is 302 Å². The maximum absolute atomic E-state index is 14.7. The number of rotatable bonds is 16. The van der Waals surface area contributed by atoms with Gasteiger partial charge in [-0.25, -0.2) is 4.98 Å². The molecular weight excluding hydrogens is 650 g/mol. The second-order valence-corrected chi connectivity index (χ2v) is 15.7. The molecule has 2 saturated carbocycles. The number of likely N-dealkylation sites (tertiary alicyclic amines) is 1. The van der Waals surface area contributed by atoms with E-state index in [4.69, 9.17) is 0 Å². The van der Waals surface area contributed by atoms with Crippen molar-refractivity contribution in [3.8, 4) is 0 Å². The molecule has 0 unspecified atom stereocenters. The average molecular weight is 710 g/mol. The van der Waals surface area contributed by atoms with Crippen LogP contribution in [0.4, 0.5) is 0 Å². The molecule has 13 nitrogen and oxygen atoms in total. The number of carbonyl (C=O) groups is 6. The number of ketones is 1. The highest BCUT2D eigenvalue weighted by atomic mass is 16.2. The Bertz CT molecular complexity index is 1380. The molecule has 51 heavy (non-hydrogen) atoms. The first-order valence-corrected chi connectivity index (χ1v) is 19.1. The number of nitrogens with one attached hydrogen (secondary N) is 4. The molecule has 5 atom stereocenters. The SMILES string of the molecule is CCC[C@H](NC(=O)[C@@H]1[C@@H](C(CC)CC)CCN1C(=O)[C@@H](NC(=O)[C@@H](NC(=O)c1cnccn1)C1CCCCC1)C(C)(C)C)C(=O)C(=O)NC1CC1. The Balaban J connectivity index is 1.60. The van der Waals surface area contributed by atoms with Crippen molar-refractivity contribution in [2.24, 2.45) is 23.2 Å². The zero-order valence-corrected chi connectivity index (χ0v) is 31.3. The first kappa shape index (κ1) is 39.9. The van der Waals surface area contributed by atoms with Crippen molar-refractivity contribution in [1.82, 2.24) is 36.1 Å². The third-order valence-electron chi connectivity index (χ3n) is 10.9. The average Bonchev–Trinajstić information content (AvgIpc) is 3.83. The van der Waals surface area contributed by atoms with Gasteiger partial charge in [0.05, 0.1) is 12.2 Å². The van der Waals surface area contributed by atoms with Crippen LogP contribution in [0, 0.1) is 23.2 Å². The molecule has 4 rings (SSSR count). The summed E-state index contributed by atoms with van der Waals surface area (Å²) in [6.45, 7) is 11.9. The topological polar surface area (TPSA) is 180 Å². The molecule has 5 amide bonds. The van der Waals surface area contributed by atoms with E-state index in [2.05, 4.69) is 45.1 Å². The lowest BCUT2D eigenvalue weighted by Crippen LogP contribution is -2.62. The molecule has 4 N–H and O–H groups in total. The van der Waals surface area contributed by atoms with Crippen LogP contribution < -0.4 is 21.3 Å². The molecular formula is C38H59N7O6. The molecule has 2 aliphatic carbocycles. The summed E-state index contributed by atoms with van der Waals surface area (Å²) < 4.78 is 0. The molecule has 282 valence electrons. The normalized spacial score (nSPS) is 21.4. The van der Waals surface area contributed by atoms with Crippen molar-refractivity contribution in [1.29, 1.82) is 0 Å². The second-order valence-electron chi connectivity index (χ2n) is 15.7. The Morgan fingerprint density at radius 1 is 0.882 bits per heavy atom. The van der Waals surface area contributed by atoms with E-state index in [-0.39, 0.29) is 29.5 Å². The fourth-order valence-electron chi connectivity index (χ4n) is 7.79. The van der Waals surface area contributed by atoms with Crippen LogP contribution in [0.15, 0.2) is 18.6 Å². The third kappa shape index (κ3) is 10.3. The molecule has 0 radical (unpaired) electrons. The first-order chi connectivity index (χ1) is 24.3. The van der Waals surface area contributed by atoms with Crippen LogP contribution in [0.5, 0.6) is 0 Å². The third-order valence-corrected chi connectivity index (χ3v) is 10.9. The minimum Gasteiger partial charge on any atom is -0.347 e. The predicted octanol–water partition coefficient (Wildman–Crippen LogP) is 3.47. The Hall–Kier alpha value is -3.90.